The Morgan fingerprint density at radius 1 is 0.857 bits per heavy atom. The molecule has 0 N–H and O–H groups in total. The van der Waals surface area contributed by atoms with E-state index in [1.54, 1.807) is 0 Å². The predicted molar refractivity (Wildman–Crippen MR) is 91.6 cm³/mol. The summed E-state index contributed by atoms with van der Waals surface area (Å²) in [5.41, 5.74) is 3.29. The zero-order valence-electron chi connectivity index (χ0n) is 11.6. The molecule has 0 spiro atoms. The van der Waals surface area contributed by atoms with E-state index in [0.717, 1.165) is 26.8 Å². The molecular formula is C19H13BrO. The van der Waals surface area contributed by atoms with Crippen molar-refractivity contribution in [1.29, 1.82) is 0 Å². The molecule has 21 heavy (non-hydrogen) atoms. The summed E-state index contributed by atoms with van der Waals surface area (Å²) < 4.78 is 7.13. The van der Waals surface area contributed by atoms with Crippen molar-refractivity contribution in [3.63, 3.8) is 0 Å². The number of furan rings is 1. The lowest BCUT2D eigenvalue weighted by molar-refractivity contribution is 0.631. The van der Waals surface area contributed by atoms with Crippen molar-refractivity contribution < 1.29 is 4.42 Å². The number of hydrogen-bond donors (Lipinski definition) is 0. The molecule has 0 fully saturated rings. The number of benzene rings is 3. The molecule has 4 aromatic rings. The summed E-state index contributed by atoms with van der Waals surface area (Å²) in [5.74, 6) is 0.920. The Balaban J connectivity index is 1.99. The highest BCUT2D eigenvalue weighted by atomic mass is 79.9. The summed E-state index contributed by atoms with van der Waals surface area (Å²) in [7, 11) is 0. The number of aryl methyl sites for hydroxylation is 1. The van der Waals surface area contributed by atoms with Crippen LogP contribution in [0.4, 0.5) is 0 Å². The van der Waals surface area contributed by atoms with Crippen LogP contribution in [0.5, 0.6) is 0 Å². The molecule has 3 aromatic carbocycles. The molecule has 0 aliphatic carbocycles. The standard InChI is InChI=1S/C19H13BrO/c1-12-3-2-4-14(9-12)19-11-17-16-7-6-15(20)10-13(16)5-8-18(17)21-19/h2-11H,1H3. The number of hydrogen-bond acceptors (Lipinski definition) is 1. The highest BCUT2D eigenvalue weighted by Gasteiger charge is 2.09. The summed E-state index contributed by atoms with van der Waals surface area (Å²) in [6, 6.07) is 21.0. The molecule has 0 saturated carbocycles. The first kappa shape index (κ1) is 12.7. The van der Waals surface area contributed by atoms with Gasteiger partial charge in [-0.1, -0.05) is 51.8 Å². The molecule has 102 valence electrons. The van der Waals surface area contributed by atoms with Gasteiger partial charge in [0, 0.05) is 15.4 Å². The minimum Gasteiger partial charge on any atom is -0.456 e. The molecule has 0 atom stereocenters. The molecule has 0 aliphatic heterocycles. The topological polar surface area (TPSA) is 13.1 Å². The largest absolute Gasteiger partial charge is 0.456 e. The molecule has 4 rings (SSSR count). The van der Waals surface area contributed by atoms with Gasteiger partial charge in [0.25, 0.3) is 0 Å². The third kappa shape index (κ3) is 2.16. The lowest BCUT2D eigenvalue weighted by Gasteiger charge is -1.99. The Hall–Kier alpha value is -2.06. The Bertz CT molecular complexity index is 966. The van der Waals surface area contributed by atoms with E-state index in [1.165, 1.54) is 16.3 Å². The molecule has 2 heteroatoms. The average Bonchev–Trinajstić information content (AvgIpc) is 2.91. The quantitative estimate of drug-likeness (QED) is 0.396. The van der Waals surface area contributed by atoms with Gasteiger partial charge in [0.1, 0.15) is 11.3 Å². The van der Waals surface area contributed by atoms with Crippen LogP contribution >= 0.6 is 15.9 Å². The van der Waals surface area contributed by atoms with Crippen LogP contribution in [0.2, 0.25) is 0 Å². The van der Waals surface area contributed by atoms with Crippen molar-refractivity contribution in [1.82, 2.24) is 0 Å². The van der Waals surface area contributed by atoms with Crippen LogP contribution in [0.25, 0.3) is 33.1 Å². The third-order valence-corrected chi connectivity index (χ3v) is 4.27. The maximum Gasteiger partial charge on any atom is 0.135 e. The van der Waals surface area contributed by atoms with Gasteiger partial charge in [-0.3, -0.25) is 0 Å². The molecule has 1 nitrogen and oxygen atoms in total. The molecule has 0 unspecified atom stereocenters. The fourth-order valence-electron chi connectivity index (χ4n) is 2.76. The second-order valence-corrected chi connectivity index (χ2v) is 6.24. The summed E-state index contributed by atoms with van der Waals surface area (Å²) in [5, 5.41) is 3.60. The second-order valence-electron chi connectivity index (χ2n) is 5.32. The predicted octanol–water partition coefficient (Wildman–Crippen LogP) is 6.32. The Morgan fingerprint density at radius 3 is 2.62 bits per heavy atom. The van der Waals surface area contributed by atoms with E-state index >= 15 is 0 Å². The first-order valence-corrected chi connectivity index (χ1v) is 7.69. The van der Waals surface area contributed by atoms with E-state index in [2.05, 4.69) is 77.5 Å². The van der Waals surface area contributed by atoms with E-state index in [-0.39, 0.29) is 0 Å². The van der Waals surface area contributed by atoms with E-state index in [0.29, 0.717) is 0 Å². The van der Waals surface area contributed by atoms with Crippen molar-refractivity contribution in [3.05, 3.63) is 70.7 Å². The maximum absolute atomic E-state index is 6.04. The van der Waals surface area contributed by atoms with Gasteiger partial charge in [-0.15, -0.1) is 0 Å². The SMILES string of the molecule is Cc1cccc(-c2cc3c(ccc4cc(Br)ccc43)o2)c1. The molecule has 0 amide bonds. The van der Waals surface area contributed by atoms with E-state index in [1.807, 2.05) is 6.07 Å². The van der Waals surface area contributed by atoms with Crippen LogP contribution in [0, 0.1) is 6.92 Å². The summed E-state index contributed by atoms with van der Waals surface area (Å²) in [6.45, 7) is 2.10. The van der Waals surface area contributed by atoms with Gasteiger partial charge in [0.05, 0.1) is 0 Å². The Morgan fingerprint density at radius 2 is 1.76 bits per heavy atom. The minimum absolute atomic E-state index is 0.920. The van der Waals surface area contributed by atoms with E-state index in [9.17, 15) is 0 Å². The summed E-state index contributed by atoms with van der Waals surface area (Å²) in [6.07, 6.45) is 0. The smallest absolute Gasteiger partial charge is 0.135 e. The lowest BCUT2D eigenvalue weighted by Crippen LogP contribution is -1.75. The van der Waals surface area contributed by atoms with Gasteiger partial charge < -0.3 is 4.42 Å². The van der Waals surface area contributed by atoms with Crippen molar-refractivity contribution in [2.24, 2.45) is 0 Å². The van der Waals surface area contributed by atoms with Crippen LogP contribution in [-0.2, 0) is 0 Å². The Labute approximate surface area is 131 Å². The van der Waals surface area contributed by atoms with Gasteiger partial charge in [-0.05, 0) is 48.0 Å². The second kappa shape index (κ2) is 4.74. The Kier molecular flexibility index (Phi) is 2.86. The lowest BCUT2D eigenvalue weighted by atomic mass is 10.1. The highest BCUT2D eigenvalue weighted by Crippen LogP contribution is 2.33. The first-order valence-electron chi connectivity index (χ1n) is 6.89. The van der Waals surface area contributed by atoms with Crippen molar-refractivity contribution in [2.45, 2.75) is 6.92 Å². The van der Waals surface area contributed by atoms with Crippen LogP contribution < -0.4 is 0 Å². The van der Waals surface area contributed by atoms with Crippen LogP contribution in [0.15, 0.2) is 69.6 Å². The maximum atomic E-state index is 6.04. The fourth-order valence-corrected chi connectivity index (χ4v) is 3.14. The minimum atomic E-state index is 0.920. The molecular weight excluding hydrogens is 324 g/mol. The number of halogens is 1. The number of fused-ring (bicyclic) bond motifs is 3. The van der Waals surface area contributed by atoms with Gasteiger partial charge in [0.15, 0.2) is 0 Å². The van der Waals surface area contributed by atoms with Crippen LogP contribution in [-0.4, -0.2) is 0 Å². The molecule has 0 bridgehead atoms. The van der Waals surface area contributed by atoms with E-state index in [4.69, 9.17) is 4.42 Å². The van der Waals surface area contributed by atoms with E-state index < -0.39 is 0 Å². The summed E-state index contributed by atoms with van der Waals surface area (Å²) in [4.78, 5) is 0. The monoisotopic (exact) mass is 336 g/mol. The first-order chi connectivity index (χ1) is 10.2. The van der Waals surface area contributed by atoms with Gasteiger partial charge in [-0.2, -0.15) is 0 Å². The summed E-state index contributed by atoms with van der Waals surface area (Å²) >= 11 is 3.52. The third-order valence-electron chi connectivity index (χ3n) is 3.78. The van der Waals surface area contributed by atoms with Gasteiger partial charge in [0.2, 0.25) is 0 Å². The van der Waals surface area contributed by atoms with Gasteiger partial charge >= 0.3 is 0 Å². The van der Waals surface area contributed by atoms with Crippen molar-refractivity contribution in [2.75, 3.05) is 0 Å². The van der Waals surface area contributed by atoms with Gasteiger partial charge in [-0.25, -0.2) is 0 Å². The fraction of sp³-hybridized carbons (Fsp3) is 0.0526. The molecule has 0 saturated heterocycles. The van der Waals surface area contributed by atoms with Crippen molar-refractivity contribution >= 4 is 37.7 Å². The molecule has 1 aromatic heterocycles. The van der Waals surface area contributed by atoms with Crippen LogP contribution in [0.1, 0.15) is 5.56 Å². The molecule has 0 radical (unpaired) electrons. The molecule has 1 heterocycles. The van der Waals surface area contributed by atoms with Crippen molar-refractivity contribution in [3.8, 4) is 11.3 Å². The highest BCUT2D eigenvalue weighted by molar-refractivity contribution is 9.10. The zero-order valence-corrected chi connectivity index (χ0v) is 13.1. The zero-order chi connectivity index (χ0) is 14.4. The number of rotatable bonds is 1. The molecule has 0 aliphatic rings. The average molecular weight is 337 g/mol. The normalized spacial score (nSPS) is 11.3. The van der Waals surface area contributed by atoms with Crippen LogP contribution in [0.3, 0.4) is 0 Å².